The first kappa shape index (κ1) is 24.1. The molecule has 0 spiro atoms. The number of rotatable bonds is 5. The average Bonchev–Trinajstić information content (AvgIpc) is 3.27. The lowest BCUT2D eigenvalue weighted by molar-refractivity contribution is -0.0818. The van der Waals surface area contributed by atoms with E-state index in [4.69, 9.17) is 37.7 Å². The van der Waals surface area contributed by atoms with E-state index in [9.17, 15) is 4.79 Å². The molecular weight excluding hydrogens is 515 g/mol. The minimum Gasteiger partial charge on any atom is -0.481 e. The third-order valence-corrected chi connectivity index (χ3v) is 7.31. The minimum absolute atomic E-state index is 0.139. The third kappa shape index (κ3) is 4.53. The fraction of sp³-hybridized carbons (Fsp3) is 0.308. The molecule has 2 fully saturated rings. The van der Waals surface area contributed by atoms with E-state index in [1.54, 1.807) is 18.3 Å². The van der Waals surface area contributed by atoms with Crippen LogP contribution in [0.4, 0.5) is 0 Å². The second-order valence-electron chi connectivity index (χ2n) is 9.13. The summed E-state index contributed by atoms with van der Waals surface area (Å²) in [5, 5.41) is 0.881. The molecule has 37 heavy (non-hydrogen) atoms. The summed E-state index contributed by atoms with van der Waals surface area (Å²) in [7, 11) is 1.51. The highest BCUT2D eigenvalue weighted by atomic mass is 35.5. The number of amides is 1. The van der Waals surface area contributed by atoms with Gasteiger partial charge < -0.3 is 18.8 Å². The number of imidazole rings is 1. The molecule has 0 aromatic carbocycles. The molecule has 0 radical (unpaired) electrons. The number of carbonyl (C=O) groups excluding carboxylic acids is 1. The maximum atomic E-state index is 13.6. The van der Waals surface area contributed by atoms with Gasteiger partial charge in [-0.3, -0.25) is 14.7 Å². The van der Waals surface area contributed by atoms with Gasteiger partial charge in [-0.15, -0.1) is 0 Å². The topological polar surface area (TPSA) is 85.1 Å². The summed E-state index contributed by atoms with van der Waals surface area (Å²) in [6, 6.07) is 12.6. The van der Waals surface area contributed by atoms with Gasteiger partial charge in [0.05, 0.1) is 53.8 Å². The van der Waals surface area contributed by atoms with Crippen molar-refractivity contribution in [3.8, 4) is 17.3 Å². The Hall–Kier alpha value is -3.24. The Morgan fingerprint density at radius 3 is 2.62 bits per heavy atom. The van der Waals surface area contributed by atoms with Crippen molar-refractivity contribution in [1.82, 2.24) is 29.2 Å². The van der Waals surface area contributed by atoms with Crippen LogP contribution in [-0.4, -0.2) is 80.6 Å². The van der Waals surface area contributed by atoms with Gasteiger partial charge >= 0.3 is 0 Å². The lowest BCUT2D eigenvalue weighted by Crippen LogP contribution is -2.66. The Labute approximate surface area is 223 Å². The lowest BCUT2D eigenvalue weighted by Gasteiger charge is -2.49. The van der Waals surface area contributed by atoms with Crippen molar-refractivity contribution in [3.63, 3.8) is 0 Å². The third-order valence-electron chi connectivity index (χ3n) is 6.78. The molecule has 0 aliphatic carbocycles. The molecule has 11 heteroatoms. The van der Waals surface area contributed by atoms with Crippen molar-refractivity contribution < 1.29 is 14.3 Å². The highest BCUT2D eigenvalue weighted by Gasteiger charge is 2.42. The molecule has 0 saturated carbocycles. The highest BCUT2D eigenvalue weighted by molar-refractivity contribution is 6.33. The van der Waals surface area contributed by atoms with E-state index < -0.39 is 0 Å². The number of morpholine rings is 1. The standard InChI is InChI=1S/C26H24Cl2N6O3/c1-36-23-8-6-19(28)24(31-23)26(35)34-17-11-32(12-18(34)15-37-14-17)13-21-25(20-7-5-16(27)10-29-20)30-22-4-2-3-9-33(21)22/h2-10,17-18H,11-15H2,1H3. The molecule has 0 N–H and O–H groups in total. The van der Waals surface area contributed by atoms with Gasteiger partial charge in [-0.2, -0.15) is 0 Å². The van der Waals surface area contributed by atoms with E-state index in [0.29, 0.717) is 48.8 Å². The molecule has 4 aromatic rings. The number of methoxy groups -OCH3 is 1. The molecule has 6 rings (SSSR count). The van der Waals surface area contributed by atoms with E-state index in [2.05, 4.69) is 19.3 Å². The molecule has 190 valence electrons. The summed E-state index contributed by atoms with van der Waals surface area (Å²) >= 11 is 12.4. The van der Waals surface area contributed by atoms with Crippen LogP contribution in [0, 0.1) is 0 Å². The molecule has 2 aliphatic rings. The fourth-order valence-corrected chi connectivity index (χ4v) is 5.45. The van der Waals surface area contributed by atoms with Crippen molar-refractivity contribution in [1.29, 1.82) is 0 Å². The Balaban J connectivity index is 1.29. The van der Waals surface area contributed by atoms with E-state index in [0.717, 1.165) is 22.7 Å². The summed E-state index contributed by atoms with van der Waals surface area (Å²) < 4.78 is 13.2. The van der Waals surface area contributed by atoms with Crippen molar-refractivity contribution >= 4 is 34.8 Å². The van der Waals surface area contributed by atoms with E-state index in [-0.39, 0.29) is 23.7 Å². The van der Waals surface area contributed by atoms with Crippen molar-refractivity contribution in [3.05, 3.63) is 76.3 Å². The highest BCUT2D eigenvalue weighted by Crippen LogP contribution is 2.30. The average molecular weight is 539 g/mol. The summed E-state index contributed by atoms with van der Waals surface area (Å²) in [5.41, 5.74) is 3.65. The van der Waals surface area contributed by atoms with Crippen LogP contribution < -0.4 is 4.74 Å². The largest absolute Gasteiger partial charge is 0.481 e. The molecule has 9 nitrogen and oxygen atoms in total. The number of nitrogens with zero attached hydrogens (tertiary/aromatic N) is 6. The minimum atomic E-state index is -0.206. The number of fused-ring (bicyclic) bond motifs is 3. The normalized spacial score (nSPS) is 19.8. The van der Waals surface area contributed by atoms with Gasteiger partial charge in [0.2, 0.25) is 5.88 Å². The zero-order valence-corrected chi connectivity index (χ0v) is 21.6. The van der Waals surface area contributed by atoms with Crippen molar-refractivity contribution in [2.45, 2.75) is 18.6 Å². The Morgan fingerprint density at radius 1 is 1.08 bits per heavy atom. The van der Waals surface area contributed by atoms with E-state index in [1.807, 2.05) is 41.4 Å². The van der Waals surface area contributed by atoms with Crippen molar-refractivity contribution in [2.24, 2.45) is 0 Å². The van der Waals surface area contributed by atoms with Gasteiger partial charge in [0.1, 0.15) is 11.3 Å². The summed E-state index contributed by atoms with van der Waals surface area (Å²) in [5.74, 6) is 0.145. The number of carbonyl (C=O) groups is 1. The van der Waals surface area contributed by atoms with Gasteiger partial charge in [0, 0.05) is 38.1 Å². The number of ether oxygens (including phenoxy) is 2. The smallest absolute Gasteiger partial charge is 0.274 e. The molecule has 2 atom stereocenters. The molecule has 2 aliphatic heterocycles. The van der Waals surface area contributed by atoms with Crippen LogP contribution in [0.25, 0.3) is 17.0 Å². The molecule has 2 unspecified atom stereocenters. The second kappa shape index (κ2) is 9.90. The fourth-order valence-electron chi connectivity index (χ4n) is 5.15. The molecular formula is C26H24Cl2N6O3. The molecule has 1 amide bonds. The van der Waals surface area contributed by atoms with Gasteiger partial charge in [0.25, 0.3) is 5.91 Å². The maximum Gasteiger partial charge on any atom is 0.274 e. The van der Waals surface area contributed by atoms with Gasteiger partial charge in [-0.25, -0.2) is 9.97 Å². The van der Waals surface area contributed by atoms with Gasteiger partial charge in [0.15, 0.2) is 5.69 Å². The van der Waals surface area contributed by atoms with Crippen LogP contribution >= 0.6 is 23.2 Å². The van der Waals surface area contributed by atoms with Gasteiger partial charge in [-0.05, 0) is 30.3 Å². The molecule has 2 saturated heterocycles. The Bertz CT molecular complexity index is 1450. The van der Waals surface area contributed by atoms with E-state index >= 15 is 0 Å². The monoisotopic (exact) mass is 538 g/mol. The number of hydrogen-bond acceptors (Lipinski definition) is 7. The number of pyridine rings is 3. The summed E-state index contributed by atoms with van der Waals surface area (Å²) in [4.78, 5) is 31.5. The molecule has 6 heterocycles. The zero-order chi connectivity index (χ0) is 25.5. The first-order valence-electron chi connectivity index (χ1n) is 11.9. The van der Waals surface area contributed by atoms with Crippen LogP contribution in [0.15, 0.2) is 54.9 Å². The number of halogens is 2. The van der Waals surface area contributed by atoms with Gasteiger partial charge in [-0.1, -0.05) is 29.3 Å². The van der Waals surface area contributed by atoms with Crippen LogP contribution in [0.5, 0.6) is 5.88 Å². The number of aromatic nitrogens is 4. The quantitative estimate of drug-likeness (QED) is 0.381. The molecule has 2 bridgehead atoms. The number of hydrogen-bond donors (Lipinski definition) is 0. The zero-order valence-electron chi connectivity index (χ0n) is 20.1. The lowest BCUT2D eigenvalue weighted by atomic mass is 10.0. The second-order valence-corrected chi connectivity index (χ2v) is 9.98. The van der Waals surface area contributed by atoms with Crippen molar-refractivity contribution in [2.75, 3.05) is 33.4 Å². The predicted molar refractivity (Wildman–Crippen MR) is 139 cm³/mol. The first-order valence-corrected chi connectivity index (χ1v) is 12.7. The Kier molecular flexibility index (Phi) is 6.46. The van der Waals surface area contributed by atoms with Crippen LogP contribution in [0.3, 0.4) is 0 Å². The van der Waals surface area contributed by atoms with Crippen LogP contribution in [0.2, 0.25) is 10.0 Å². The van der Waals surface area contributed by atoms with Crippen LogP contribution in [-0.2, 0) is 11.3 Å². The molecule has 4 aromatic heterocycles. The summed E-state index contributed by atoms with van der Waals surface area (Å²) in [6.07, 6.45) is 3.64. The Morgan fingerprint density at radius 2 is 1.89 bits per heavy atom. The first-order chi connectivity index (χ1) is 18.0. The van der Waals surface area contributed by atoms with E-state index in [1.165, 1.54) is 7.11 Å². The maximum absolute atomic E-state index is 13.6. The predicted octanol–water partition coefficient (Wildman–Crippen LogP) is 3.83. The number of piperazine rings is 1. The summed E-state index contributed by atoms with van der Waals surface area (Å²) in [6.45, 7) is 2.80. The van der Waals surface area contributed by atoms with Crippen LogP contribution in [0.1, 0.15) is 16.2 Å². The SMILES string of the molecule is COc1ccc(Cl)c(C(=O)N2C3COCC2CN(Cc2c(-c4ccc(Cl)cn4)nc4ccccn24)C3)n1.